The molecule has 0 aromatic heterocycles. The molecule has 1 aliphatic heterocycles. The van der Waals surface area contributed by atoms with Gasteiger partial charge in [-0.1, -0.05) is 60.7 Å². The summed E-state index contributed by atoms with van der Waals surface area (Å²) in [5, 5.41) is 2.81. The van der Waals surface area contributed by atoms with Crippen LogP contribution in [0.4, 0.5) is 0 Å². The first kappa shape index (κ1) is 52.4. The minimum absolute atomic E-state index is 0.00379. The maximum atomic E-state index is 13.9. The monoisotopic (exact) mass is 882 g/mol. The van der Waals surface area contributed by atoms with Gasteiger partial charge >= 0.3 is 29.8 Å². The zero-order chi connectivity index (χ0) is 46.6. The van der Waals surface area contributed by atoms with Crippen molar-refractivity contribution in [2.75, 3.05) is 78.5 Å². The second-order valence-corrected chi connectivity index (χ2v) is 18.8. The summed E-state index contributed by atoms with van der Waals surface area (Å²) in [7, 11) is 0. The zero-order valence-electron chi connectivity index (χ0n) is 38.9. The van der Waals surface area contributed by atoms with Gasteiger partial charge in [0.15, 0.2) is 0 Å². The van der Waals surface area contributed by atoms with Crippen molar-refractivity contribution in [2.24, 2.45) is 0 Å². The third-order valence-electron chi connectivity index (χ3n) is 9.34. The predicted octanol–water partition coefficient (Wildman–Crippen LogP) is 3.98. The summed E-state index contributed by atoms with van der Waals surface area (Å²) in [6, 6.07) is 17.2. The van der Waals surface area contributed by atoms with Crippen LogP contribution >= 0.6 is 0 Å². The Morgan fingerprint density at radius 3 is 1.17 bits per heavy atom. The second-order valence-electron chi connectivity index (χ2n) is 18.8. The van der Waals surface area contributed by atoms with E-state index in [1.807, 2.05) is 80.3 Å². The number of nitrogens with zero attached hydrogens (tertiary/aromatic N) is 4. The number of rotatable bonds is 17. The molecular weight excluding hydrogens is 811 g/mol. The van der Waals surface area contributed by atoms with E-state index in [1.54, 1.807) is 62.3 Å². The SMILES string of the molecule is CC(C)(C)OC(=O)CN1CCN(CC(=O)N[C@@H](CCC(=O)OCc2ccccc2)C(=O)OCc2ccccc2)CCN(CC(=O)OC(C)(C)C)CCN(CC(=O)OC(C)(C)C)CC1. The minimum Gasteiger partial charge on any atom is -0.461 e. The Hall–Kier alpha value is -4.90. The molecule has 1 saturated heterocycles. The Labute approximate surface area is 373 Å². The molecule has 0 saturated carbocycles. The second kappa shape index (κ2) is 25.4. The molecule has 63 heavy (non-hydrogen) atoms. The van der Waals surface area contributed by atoms with E-state index in [-0.39, 0.29) is 52.2 Å². The lowest BCUT2D eigenvalue weighted by molar-refractivity contribution is -0.158. The van der Waals surface area contributed by atoms with Crippen molar-refractivity contribution in [1.82, 2.24) is 24.9 Å². The quantitative estimate of drug-likeness (QED) is 0.179. The maximum absolute atomic E-state index is 13.9. The van der Waals surface area contributed by atoms with E-state index in [1.165, 1.54) is 0 Å². The summed E-state index contributed by atoms with van der Waals surface area (Å²) >= 11 is 0. The van der Waals surface area contributed by atoms with E-state index in [2.05, 4.69) is 5.32 Å². The summed E-state index contributed by atoms with van der Waals surface area (Å²) in [6.07, 6.45) is -0.202. The highest BCUT2D eigenvalue weighted by Crippen LogP contribution is 2.13. The summed E-state index contributed by atoms with van der Waals surface area (Å²) in [5.41, 5.74) is -0.507. The summed E-state index contributed by atoms with van der Waals surface area (Å²) in [5.74, 6) is -2.94. The van der Waals surface area contributed by atoms with Crippen LogP contribution in [0.5, 0.6) is 0 Å². The van der Waals surface area contributed by atoms with Crippen LogP contribution in [0.15, 0.2) is 60.7 Å². The molecule has 350 valence electrons. The van der Waals surface area contributed by atoms with Gasteiger partial charge in [-0.05, 0) is 79.9 Å². The standard InChI is InChI=1S/C47H71N5O11/c1-45(2,3)61-41(55)31-50-24-22-49(23-25-51(32-42(56)62-46(4,5)6)27-29-52(28-26-50)33-43(57)63-47(7,8)9)30-39(53)48-38(44(58)60-35-37-18-14-11-15-19-37)20-21-40(54)59-34-36-16-12-10-13-17-36/h10-19,38H,20-35H2,1-9H3,(H,48,53)/t38-/m0/s1. The number of hydrogen-bond donors (Lipinski definition) is 1. The normalized spacial score (nSPS) is 16.1. The fourth-order valence-corrected chi connectivity index (χ4v) is 6.47. The van der Waals surface area contributed by atoms with Gasteiger partial charge in [0, 0.05) is 58.8 Å². The molecule has 0 unspecified atom stereocenters. The van der Waals surface area contributed by atoms with Crippen LogP contribution in [-0.2, 0) is 65.7 Å². The number of esters is 5. The van der Waals surface area contributed by atoms with Gasteiger partial charge in [-0.25, -0.2) is 4.79 Å². The maximum Gasteiger partial charge on any atom is 0.328 e. The number of amides is 1. The molecule has 1 N–H and O–H groups in total. The number of carbonyl (C=O) groups is 6. The smallest absolute Gasteiger partial charge is 0.328 e. The molecule has 16 nitrogen and oxygen atoms in total. The van der Waals surface area contributed by atoms with Crippen molar-refractivity contribution in [2.45, 2.75) is 111 Å². The lowest BCUT2D eigenvalue weighted by Gasteiger charge is -2.34. The molecule has 1 amide bonds. The first-order valence-corrected chi connectivity index (χ1v) is 21.8. The fourth-order valence-electron chi connectivity index (χ4n) is 6.47. The molecule has 3 rings (SSSR count). The van der Waals surface area contributed by atoms with Gasteiger partial charge in [0.2, 0.25) is 5.91 Å². The number of ether oxygens (including phenoxy) is 5. The molecule has 2 aromatic carbocycles. The number of carbonyl (C=O) groups excluding carboxylic acids is 6. The van der Waals surface area contributed by atoms with E-state index < -0.39 is 58.6 Å². The largest absolute Gasteiger partial charge is 0.461 e. The Balaban J connectivity index is 1.83. The summed E-state index contributed by atoms with van der Waals surface area (Å²) in [4.78, 5) is 87.2. The van der Waals surface area contributed by atoms with Crippen LogP contribution < -0.4 is 5.32 Å². The zero-order valence-corrected chi connectivity index (χ0v) is 38.9. The number of nitrogens with one attached hydrogen (secondary N) is 1. The molecular formula is C47H71N5O11. The Morgan fingerprint density at radius 2 is 0.825 bits per heavy atom. The van der Waals surface area contributed by atoms with E-state index >= 15 is 0 Å². The summed E-state index contributed by atoms with van der Waals surface area (Å²) in [6.45, 7) is 18.9. The molecule has 2 aromatic rings. The van der Waals surface area contributed by atoms with Crippen molar-refractivity contribution in [3.8, 4) is 0 Å². The van der Waals surface area contributed by atoms with Crippen LogP contribution in [0.3, 0.4) is 0 Å². The van der Waals surface area contributed by atoms with Gasteiger partial charge in [0.1, 0.15) is 36.1 Å². The Kier molecular flexibility index (Phi) is 21.2. The Bertz CT molecular complexity index is 1710. The average molecular weight is 882 g/mol. The third kappa shape index (κ3) is 23.9. The molecule has 0 bridgehead atoms. The van der Waals surface area contributed by atoms with Crippen molar-refractivity contribution in [1.29, 1.82) is 0 Å². The highest BCUT2D eigenvalue weighted by molar-refractivity contribution is 5.86. The lowest BCUT2D eigenvalue weighted by Crippen LogP contribution is -2.51. The molecule has 0 radical (unpaired) electrons. The van der Waals surface area contributed by atoms with Crippen molar-refractivity contribution in [3.63, 3.8) is 0 Å². The van der Waals surface area contributed by atoms with Gasteiger partial charge < -0.3 is 29.0 Å². The van der Waals surface area contributed by atoms with Crippen LogP contribution in [0, 0.1) is 0 Å². The number of hydrogen-bond acceptors (Lipinski definition) is 15. The van der Waals surface area contributed by atoms with E-state index in [0.29, 0.717) is 52.4 Å². The molecule has 0 spiro atoms. The van der Waals surface area contributed by atoms with Crippen molar-refractivity contribution in [3.05, 3.63) is 71.8 Å². The van der Waals surface area contributed by atoms with Crippen LogP contribution in [0.2, 0.25) is 0 Å². The third-order valence-corrected chi connectivity index (χ3v) is 9.34. The Morgan fingerprint density at radius 1 is 0.492 bits per heavy atom. The lowest BCUT2D eigenvalue weighted by atomic mass is 10.1. The topological polar surface area (TPSA) is 174 Å². The van der Waals surface area contributed by atoms with Crippen molar-refractivity contribution >= 4 is 35.8 Å². The summed E-state index contributed by atoms with van der Waals surface area (Å²) < 4.78 is 28.0. The minimum atomic E-state index is -1.15. The molecule has 0 aliphatic carbocycles. The molecule has 1 heterocycles. The molecule has 1 atom stereocenters. The van der Waals surface area contributed by atoms with Gasteiger partial charge in [0.05, 0.1) is 26.2 Å². The van der Waals surface area contributed by atoms with Gasteiger partial charge in [-0.15, -0.1) is 0 Å². The molecule has 16 heteroatoms. The molecule has 1 fully saturated rings. The first-order valence-electron chi connectivity index (χ1n) is 21.8. The highest BCUT2D eigenvalue weighted by Gasteiger charge is 2.28. The first-order chi connectivity index (χ1) is 29.5. The van der Waals surface area contributed by atoms with Gasteiger partial charge in [0.25, 0.3) is 0 Å². The predicted molar refractivity (Wildman–Crippen MR) is 237 cm³/mol. The fraction of sp³-hybridized carbons (Fsp3) is 0.617. The van der Waals surface area contributed by atoms with Gasteiger partial charge in [-0.3, -0.25) is 43.6 Å². The highest BCUT2D eigenvalue weighted by atomic mass is 16.6. The van der Waals surface area contributed by atoms with E-state index in [4.69, 9.17) is 23.7 Å². The van der Waals surface area contributed by atoms with Gasteiger partial charge in [-0.2, -0.15) is 0 Å². The van der Waals surface area contributed by atoms with Crippen molar-refractivity contribution < 1.29 is 52.5 Å². The van der Waals surface area contributed by atoms with Crippen LogP contribution in [0.1, 0.15) is 86.3 Å². The van der Waals surface area contributed by atoms with Crippen LogP contribution in [0.25, 0.3) is 0 Å². The van der Waals surface area contributed by atoms with Crippen LogP contribution in [-0.4, -0.2) is 157 Å². The van der Waals surface area contributed by atoms with E-state index in [9.17, 15) is 28.8 Å². The average Bonchev–Trinajstić information content (AvgIpc) is 3.17. The number of benzene rings is 2. The van der Waals surface area contributed by atoms with E-state index in [0.717, 1.165) is 11.1 Å². The molecule has 1 aliphatic rings.